The summed E-state index contributed by atoms with van der Waals surface area (Å²) < 4.78 is 1.75. The Morgan fingerprint density at radius 3 is 2.55 bits per heavy atom. The van der Waals surface area contributed by atoms with Gasteiger partial charge in [-0.25, -0.2) is 4.68 Å². The summed E-state index contributed by atoms with van der Waals surface area (Å²) in [7, 11) is 0. The van der Waals surface area contributed by atoms with E-state index < -0.39 is 12.2 Å². The average Bonchev–Trinajstić information content (AvgIpc) is 3.07. The molecule has 2 atom stereocenters. The molecule has 0 unspecified atom stereocenters. The first kappa shape index (κ1) is 13.5. The van der Waals surface area contributed by atoms with Gasteiger partial charge in [-0.1, -0.05) is 5.21 Å². The van der Waals surface area contributed by atoms with Crippen LogP contribution in [0, 0.1) is 0 Å². The van der Waals surface area contributed by atoms with Crippen molar-refractivity contribution >= 4 is 5.91 Å². The number of hydrogen-bond donors (Lipinski definition) is 3. The topological polar surface area (TPSA) is 104 Å². The van der Waals surface area contributed by atoms with Gasteiger partial charge >= 0.3 is 0 Å². The zero-order valence-electron chi connectivity index (χ0n) is 11.1. The van der Waals surface area contributed by atoms with Gasteiger partial charge in [0.2, 0.25) is 0 Å². The van der Waals surface area contributed by atoms with Gasteiger partial charge in [-0.05, 0) is 25.9 Å². The molecule has 2 fully saturated rings. The molecule has 2 aliphatic rings. The molecule has 2 aliphatic heterocycles. The minimum Gasteiger partial charge on any atom is -0.388 e. The van der Waals surface area contributed by atoms with Crippen molar-refractivity contribution in [3.8, 4) is 0 Å². The number of piperidine rings is 1. The number of carbonyl (C=O) groups is 1. The van der Waals surface area contributed by atoms with Gasteiger partial charge in [0.25, 0.3) is 5.91 Å². The average molecular weight is 281 g/mol. The fraction of sp³-hybridized carbons (Fsp3) is 0.750. The minimum absolute atomic E-state index is 0.139. The van der Waals surface area contributed by atoms with Crippen LogP contribution in [0.2, 0.25) is 0 Å². The summed E-state index contributed by atoms with van der Waals surface area (Å²) in [5.74, 6) is -0.291. The normalized spacial score (nSPS) is 28.0. The van der Waals surface area contributed by atoms with E-state index in [2.05, 4.69) is 15.6 Å². The van der Waals surface area contributed by atoms with E-state index in [1.807, 2.05) is 0 Å². The molecule has 0 aromatic carbocycles. The van der Waals surface area contributed by atoms with Crippen LogP contribution in [0.5, 0.6) is 0 Å². The van der Waals surface area contributed by atoms with Gasteiger partial charge in [-0.2, -0.15) is 0 Å². The van der Waals surface area contributed by atoms with Crippen LogP contribution in [0.4, 0.5) is 0 Å². The zero-order chi connectivity index (χ0) is 14.1. The summed E-state index contributed by atoms with van der Waals surface area (Å²) in [5, 5.41) is 30.2. The molecular formula is C12H19N5O3. The van der Waals surface area contributed by atoms with E-state index in [9.17, 15) is 15.0 Å². The molecule has 2 saturated heterocycles. The van der Waals surface area contributed by atoms with Crippen LogP contribution in [0.1, 0.15) is 29.4 Å². The highest BCUT2D eigenvalue weighted by Gasteiger charge is 2.34. The Labute approximate surface area is 116 Å². The fourth-order valence-electron chi connectivity index (χ4n) is 2.72. The molecule has 0 saturated carbocycles. The van der Waals surface area contributed by atoms with Crippen LogP contribution in [0.15, 0.2) is 6.20 Å². The van der Waals surface area contributed by atoms with Crippen molar-refractivity contribution in [1.82, 2.24) is 25.2 Å². The Kier molecular flexibility index (Phi) is 3.68. The van der Waals surface area contributed by atoms with Gasteiger partial charge in [-0.3, -0.25) is 4.79 Å². The highest BCUT2D eigenvalue weighted by atomic mass is 16.3. The van der Waals surface area contributed by atoms with Gasteiger partial charge in [0.05, 0.1) is 24.4 Å². The van der Waals surface area contributed by atoms with Crippen molar-refractivity contribution in [3.63, 3.8) is 0 Å². The standard InChI is InChI=1S/C12H19N5O3/c18-10-6-16(7-11(10)19)12(20)9-5-17(15-14-9)8-1-3-13-4-2-8/h5,8,10-11,13,18-19H,1-4,6-7H2/t10-,11+. The smallest absolute Gasteiger partial charge is 0.276 e. The van der Waals surface area contributed by atoms with Gasteiger partial charge in [0, 0.05) is 13.1 Å². The quantitative estimate of drug-likeness (QED) is 0.602. The van der Waals surface area contributed by atoms with Crippen molar-refractivity contribution < 1.29 is 15.0 Å². The monoisotopic (exact) mass is 281 g/mol. The lowest BCUT2D eigenvalue weighted by Gasteiger charge is -2.22. The second-order valence-corrected chi connectivity index (χ2v) is 5.41. The molecule has 20 heavy (non-hydrogen) atoms. The molecule has 3 rings (SSSR count). The summed E-state index contributed by atoms with van der Waals surface area (Å²) in [6.45, 7) is 2.16. The number of rotatable bonds is 2. The first-order valence-electron chi connectivity index (χ1n) is 6.93. The number of carbonyl (C=O) groups excluding carboxylic acids is 1. The molecule has 8 nitrogen and oxygen atoms in total. The number of likely N-dealkylation sites (tertiary alicyclic amines) is 1. The Bertz CT molecular complexity index is 475. The number of aliphatic hydroxyl groups is 2. The second kappa shape index (κ2) is 5.47. The number of β-amino-alcohol motifs (C(OH)–C–C–N with tert-alkyl or cyclic N) is 2. The summed E-state index contributed by atoms with van der Waals surface area (Å²) >= 11 is 0. The molecule has 0 radical (unpaired) electrons. The molecule has 0 bridgehead atoms. The predicted octanol–water partition coefficient (Wildman–Crippen LogP) is -1.62. The van der Waals surface area contributed by atoms with E-state index in [4.69, 9.17) is 0 Å². The number of aliphatic hydroxyl groups excluding tert-OH is 2. The van der Waals surface area contributed by atoms with Gasteiger partial charge in [0.15, 0.2) is 5.69 Å². The Morgan fingerprint density at radius 1 is 1.25 bits per heavy atom. The largest absolute Gasteiger partial charge is 0.388 e. The summed E-state index contributed by atoms with van der Waals surface area (Å²) in [6, 6.07) is 0.278. The minimum atomic E-state index is -0.876. The van der Waals surface area contributed by atoms with Crippen LogP contribution in [-0.4, -0.2) is 74.4 Å². The van der Waals surface area contributed by atoms with Gasteiger partial charge < -0.3 is 20.4 Å². The molecule has 1 amide bonds. The van der Waals surface area contributed by atoms with E-state index in [0.717, 1.165) is 25.9 Å². The van der Waals surface area contributed by atoms with Crippen LogP contribution < -0.4 is 5.32 Å². The summed E-state index contributed by atoms with van der Waals surface area (Å²) in [4.78, 5) is 13.6. The van der Waals surface area contributed by atoms with E-state index in [-0.39, 0.29) is 30.7 Å². The van der Waals surface area contributed by atoms with Gasteiger partial charge in [-0.15, -0.1) is 5.10 Å². The van der Waals surface area contributed by atoms with Crippen LogP contribution >= 0.6 is 0 Å². The zero-order valence-corrected chi connectivity index (χ0v) is 11.1. The van der Waals surface area contributed by atoms with E-state index in [0.29, 0.717) is 0 Å². The molecule has 1 aromatic heterocycles. The lowest BCUT2D eigenvalue weighted by Crippen LogP contribution is -2.30. The van der Waals surface area contributed by atoms with Gasteiger partial charge in [0.1, 0.15) is 0 Å². The van der Waals surface area contributed by atoms with Crippen molar-refractivity contribution in [3.05, 3.63) is 11.9 Å². The Balaban J connectivity index is 1.68. The number of aromatic nitrogens is 3. The van der Waals surface area contributed by atoms with Crippen molar-refractivity contribution in [1.29, 1.82) is 0 Å². The lowest BCUT2D eigenvalue weighted by atomic mass is 10.1. The summed E-state index contributed by atoms with van der Waals surface area (Å²) in [5.41, 5.74) is 0.268. The van der Waals surface area contributed by atoms with Crippen LogP contribution in [0.25, 0.3) is 0 Å². The van der Waals surface area contributed by atoms with Crippen molar-refractivity contribution in [2.45, 2.75) is 31.1 Å². The highest BCUT2D eigenvalue weighted by molar-refractivity contribution is 5.92. The Hall–Kier alpha value is -1.51. The summed E-state index contributed by atoms with van der Waals surface area (Å²) in [6.07, 6.45) is 1.85. The third-order valence-corrected chi connectivity index (χ3v) is 3.96. The number of amides is 1. The first-order chi connectivity index (χ1) is 9.65. The van der Waals surface area contributed by atoms with Crippen molar-refractivity contribution in [2.75, 3.05) is 26.2 Å². The maximum atomic E-state index is 12.2. The molecule has 110 valence electrons. The fourth-order valence-corrected chi connectivity index (χ4v) is 2.72. The number of nitrogens with zero attached hydrogens (tertiary/aromatic N) is 4. The molecule has 0 aliphatic carbocycles. The van der Waals surface area contributed by atoms with E-state index in [1.54, 1.807) is 10.9 Å². The number of nitrogens with one attached hydrogen (secondary N) is 1. The molecule has 3 heterocycles. The molecule has 1 aromatic rings. The lowest BCUT2D eigenvalue weighted by molar-refractivity contribution is 0.0572. The molecule has 0 spiro atoms. The van der Waals surface area contributed by atoms with E-state index in [1.165, 1.54) is 4.90 Å². The highest BCUT2D eigenvalue weighted by Crippen LogP contribution is 2.18. The third-order valence-electron chi connectivity index (χ3n) is 3.96. The maximum absolute atomic E-state index is 12.2. The molecule has 8 heteroatoms. The maximum Gasteiger partial charge on any atom is 0.276 e. The third kappa shape index (κ3) is 2.54. The Morgan fingerprint density at radius 2 is 1.90 bits per heavy atom. The van der Waals surface area contributed by atoms with E-state index >= 15 is 0 Å². The first-order valence-corrected chi connectivity index (χ1v) is 6.93. The van der Waals surface area contributed by atoms with Crippen LogP contribution in [-0.2, 0) is 0 Å². The molecule has 3 N–H and O–H groups in total. The predicted molar refractivity (Wildman–Crippen MR) is 69.1 cm³/mol. The SMILES string of the molecule is O=C(c1cn(C2CCNCC2)nn1)N1C[C@@H](O)[C@@H](O)C1. The van der Waals surface area contributed by atoms with Crippen molar-refractivity contribution in [2.24, 2.45) is 0 Å². The van der Waals surface area contributed by atoms with Crippen LogP contribution in [0.3, 0.4) is 0 Å². The second-order valence-electron chi connectivity index (χ2n) is 5.41. The number of hydrogen-bond acceptors (Lipinski definition) is 6. The molecular weight excluding hydrogens is 262 g/mol.